The fraction of sp³-hybridized carbons (Fsp3) is 0.150. The number of aromatic nitrogens is 2. The van der Waals surface area contributed by atoms with Gasteiger partial charge in [-0.3, -0.25) is 4.79 Å². The fourth-order valence-corrected chi connectivity index (χ4v) is 3.02. The maximum Gasteiger partial charge on any atom is 0.252 e. The van der Waals surface area contributed by atoms with E-state index in [9.17, 15) is 4.79 Å². The minimum Gasteiger partial charge on any atom is -0.437 e. The van der Waals surface area contributed by atoms with Crippen LogP contribution in [0.1, 0.15) is 10.4 Å². The SMILES string of the molecule is COCCNC(=O)c1ccc(Oc2nccnc2Sc2ccccc2)cc1. The first kappa shape index (κ1) is 18.9. The number of carbonyl (C=O) groups is 1. The fourth-order valence-electron chi connectivity index (χ4n) is 2.21. The van der Waals surface area contributed by atoms with E-state index in [2.05, 4.69) is 15.3 Å². The van der Waals surface area contributed by atoms with Crippen molar-refractivity contribution in [1.29, 1.82) is 0 Å². The lowest BCUT2D eigenvalue weighted by atomic mass is 10.2. The summed E-state index contributed by atoms with van der Waals surface area (Å²) in [5.41, 5.74) is 0.552. The quantitative estimate of drug-likeness (QED) is 0.599. The lowest BCUT2D eigenvalue weighted by Gasteiger charge is -2.09. The van der Waals surface area contributed by atoms with Crippen molar-refractivity contribution >= 4 is 17.7 Å². The van der Waals surface area contributed by atoms with E-state index in [1.807, 2.05) is 30.3 Å². The molecule has 27 heavy (non-hydrogen) atoms. The van der Waals surface area contributed by atoms with Gasteiger partial charge in [0.15, 0.2) is 5.03 Å². The average Bonchev–Trinajstić information content (AvgIpc) is 2.71. The maximum atomic E-state index is 12.0. The maximum absolute atomic E-state index is 12.0. The highest BCUT2D eigenvalue weighted by Gasteiger charge is 2.11. The molecule has 3 aromatic rings. The Bertz CT molecular complexity index is 873. The summed E-state index contributed by atoms with van der Waals surface area (Å²) in [5.74, 6) is 0.848. The molecule has 0 radical (unpaired) electrons. The van der Waals surface area contributed by atoms with E-state index in [4.69, 9.17) is 9.47 Å². The van der Waals surface area contributed by atoms with Gasteiger partial charge in [-0.15, -0.1) is 0 Å². The summed E-state index contributed by atoms with van der Waals surface area (Å²) in [5, 5.41) is 3.45. The minimum absolute atomic E-state index is 0.154. The first-order chi connectivity index (χ1) is 13.3. The Balaban J connectivity index is 1.68. The van der Waals surface area contributed by atoms with Crippen LogP contribution in [0.25, 0.3) is 0 Å². The van der Waals surface area contributed by atoms with Crippen molar-refractivity contribution in [2.75, 3.05) is 20.3 Å². The smallest absolute Gasteiger partial charge is 0.252 e. The van der Waals surface area contributed by atoms with E-state index < -0.39 is 0 Å². The Morgan fingerprint density at radius 1 is 1.04 bits per heavy atom. The van der Waals surface area contributed by atoms with Gasteiger partial charge in [0.1, 0.15) is 5.75 Å². The molecule has 0 fully saturated rings. The molecule has 138 valence electrons. The Morgan fingerprint density at radius 3 is 2.52 bits per heavy atom. The highest BCUT2D eigenvalue weighted by Crippen LogP contribution is 2.33. The van der Waals surface area contributed by atoms with Gasteiger partial charge < -0.3 is 14.8 Å². The molecule has 1 amide bonds. The summed E-state index contributed by atoms with van der Waals surface area (Å²) in [7, 11) is 1.59. The Labute approximate surface area is 162 Å². The van der Waals surface area contributed by atoms with Crippen molar-refractivity contribution in [1.82, 2.24) is 15.3 Å². The number of nitrogens with zero attached hydrogens (tertiary/aromatic N) is 2. The van der Waals surface area contributed by atoms with Crippen LogP contribution in [0.3, 0.4) is 0 Å². The predicted molar refractivity (Wildman–Crippen MR) is 103 cm³/mol. The van der Waals surface area contributed by atoms with Crippen molar-refractivity contribution in [2.24, 2.45) is 0 Å². The van der Waals surface area contributed by atoms with Crippen molar-refractivity contribution in [3.05, 3.63) is 72.6 Å². The third-order valence-corrected chi connectivity index (χ3v) is 4.49. The van der Waals surface area contributed by atoms with Gasteiger partial charge in [-0.25, -0.2) is 9.97 Å². The molecule has 1 N–H and O–H groups in total. The molecular formula is C20H19N3O3S. The van der Waals surface area contributed by atoms with Gasteiger partial charge in [0.25, 0.3) is 11.8 Å². The van der Waals surface area contributed by atoms with Crippen molar-refractivity contribution < 1.29 is 14.3 Å². The molecule has 7 heteroatoms. The second kappa shape index (κ2) is 9.70. The first-order valence-corrected chi connectivity index (χ1v) is 9.17. The van der Waals surface area contributed by atoms with Crippen LogP contribution in [0.5, 0.6) is 11.6 Å². The van der Waals surface area contributed by atoms with Crippen LogP contribution in [-0.4, -0.2) is 36.1 Å². The molecule has 0 atom stereocenters. The third kappa shape index (κ3) is 5.54. The number of hydrogen-bond donors (Lipinski definition) is 1. The van der Waals surface area contributed by atoms with Crippen LogP contribution in [-0.2, 0) is 4.74 Å². The van der Waals surface area contributed by atoms with Gasteiger partial charge >= 0.3 is 0 Å². The zero-order valence-electron chi connectivity index (χ0n) is 14.8. The molecule has 0 bridgehead atoms. The zero-order chi connectivity index (χ0) is 18.9. The topological polar surface area (TPSA) is 73.3 Å². The van der Waals surface area contributed by atoms with E-state index in [1.54, 1.807) is 43.8 Å². The minimum atomic E-state index is -0.154. The molecule has 0 aliphatic heterocycles. The molecular weight excluding hydrogens is 362 g/mol. The average molecular weight is 381 g/mol. The molecule has 2 aromatic carbocycles. The molecule has 0 saturated heterocycles. The van der Waals surface area contributed by atoms with Crippen LogP contribution in [0.2, 0.25) is 0 Å². The molecule has 0 unspecified atom stereocenters. The van der Waals surface area contributed by atoms with Crippen molar-refractivity contribution in [3.63, 3.8) is 0 Å². The van der Waals surface area contributed by atoms with Gasteiger partial charge in [-0.1, -0.05) is 30.0 Å². The highest BCUT2D eigenvalue weighted by atomic mass is 32.2. The number of carbonyl (C=O) groups excluding carboxylic acids is 1. The Morgan fingerprint density at radius 2 is 1.78 bits per heavy atom. The number of methoxy groups -OCH3 is 1. The predicted octanol–water partition coefficient (Wildman–Crippen LogP) is 3.80. The number of amides is 1. The number of benzene rings is 2. The van der Waals surface area contributed by atoms with Gasteiger partial charge in [0.2, 0.25) is 0 Å². The van der Waals surface area contributed by atoms with Gasteiger partial charge in [0.05, 0.1) is 6.61 Å². The summed E-state index contributed by atoms with van der Waals surface area (Å²) in [4.78, 5) is 21.7. The van der Waals surface area contributed by atoms with Crippen LogP contribution in [0.15, 0.2) is 76.9 Å². The summed E-state index contributed by atoms with van der Waals surface area (Å²) in [6.07, 6.45) is 3.22. The normalized spacial score (nSPS) is 10.4. The molecule has 0 aliphatic carbocycles. The molecule has 3 rings (SSSR count). The summed E-state index contributed by atoms with van der Waals surface area (Å²) < 4.78 is 10.8. The summed E-state index contributed by atoms with van der Waals surface area (Å²) in [6.45, 7) is 0.939. The lowest BCUT2D eigenvalue weighted by Crippen LogP contribution is -2.26. The van der Waals surface area contributed by atoms with Gasteiger partial charge in [-0.05, 0) is 36.4 Å². The number of hydrogen-bond acceptors (Lipinski definition) is 6. The van der Waals surface area contributed by atoms with Crippen LogP contribution < -0.4 is 10.1 Å². The Hall–Kier alpha value is -2.90. The van der Waals surface area contributed by atoms with Gasteiger partial charge in [0, 0.05) is 36.5 Å². The van der Waals surface area contributed by atoms with Crippen LogP contribution in [0.4, 0.5) is 0 Å². The second-order valence-corrected chi connectivity index (χ2v) is 6.52. The van der Waals surface area contributed by atoms with Gasteiger partial charge in [-0.2, -0.15) is 0 Å². The second-order valence-electron chi connectivity index (χ2n) is 5.46. The molecule has 1 heterocycles. The molecule has 6 nitrogen and oxygen atoms in total. The van der Waals surface area contributed by atoms with Crippen molar-refractivity contribution in [2.45, 2.75) is 9.92 Å². The van der Waals surface area contributed by atoms with Crippen LogP contribution >= 0.6 is 11.8 Å². The first-order valence-electron chi connectivity index (χ1n) is 8.35. The van der Waals surface area contributed by atoms with E-state index in [-0.39, 0.29) is 5.91 Å². The number of ether oxygens (including phenoxy) is 2. The monoisotopic (exact) mass is 381 g/mol. The highest BCUT2D eigenvalue weighted by molar-refractivity contribution is 7.99. The molecule has 1 aromatic heterocycles. The molecule has 0 aliphatic rings. The standard InChI is InChI=1S/C20H19N3O3S/c1-25-14-13-21-18(24)15-7-9-16(10-8-15)26-19-20(23-12-11-22-19)27-17-5-3-2-4-6-17/h2-12H,13-14H2,1H3,(H,21,24). The largest absolute Gasteiger partial charge is 0.437 e. The lowest BCUT2D eigenvalue weighted by molar-refractivity contribution is 0.0937. The third-order valence-electron chi connectivity index (χ3n) is 3.51. The molecule has 0 saturated carbocycles. The summed E-state index contributed by atoms with van der Waals surface area (Å²) >= 11 is 1.48. The van der Waals surface area contributed by atoms with Crippen molar-refractivity contribution in [3.8, 4) is 11.6 Å². The van der Waals surface area contributed by atoms with E-state index in [1.165, 1.54) is 11.8 Å². The Kier molecular flexibility index (Phi) is 6.78. The number of rotatable bonds is 8. The zero-order valence-corrected chi connectivity index (χ0v) is 15.6. The number of nitrogens with one attached hydrogen (secondary N) is 1. The van der Waals surface area contributed by atoms with E-state index in [0.717, 1.165) is 4.90 Å². The van der Waals surface area contributed by atoms with E-state index in [0.29, 0.717) is 35.4 Å². The summed E-state index contributed by atoms with van der Waals surface area (Å²) in [6, 6.07) is 16.8. The van der Waals surface area contributed by atoms with Crippen LogP contribution in [0, 0.1) is 0 Å². The molecule has 0 spiro atoms. The van der Waals surface area contributed by atoms with E-state index >= 15 is 0 Å².